The Balaban J connectivity index is 3.29. The van der Waals surface area contributed by atoms with Gasteiger partial charge in [-0.3, -0.25) is 0 Å². The first kappa shape index (κ1) is 29.5. The normalized spacial score (nSPS) is 13.9. The average Bonchev–Trinajstić information content (AvgIpc) is 2.76. The zero-order valence-corrected chi connectivity index (χ0v) is 19.9. The van der Waals surface area contributed by atoms with Crippen LogP contribution in [0, 0.1) is 0 Å². The van der Waals surface area contributed by atoms with E-state index in [9.17, 15) is 5.11 Å². The maximum absolute atomic E-state index is 9.23. The van der Waals surface area contributed by atoms with E-state index in [-0.39, 0.29) is 19.3 Å². The van der Waals surface area contributed by atoms with Gasteiger partial charge in [-0.25, -0.2) is 0 Å². The van der Waals surface area contributed by atoms with Crippen molar-refractivity contribution in [2.24, 2.45) is 0 Å². The standard InChI is InChI=1S/C25H50O5/c1-3-4-5-6-7-8-9-10-11-12-13-14-15-16-17-18-19-29-22-25(28-2)23-30-21-24(27)20-26/h10-11,24-27H,3-9,12-23H2,1-2H3/b11-10-. The van der Waals surface area contributed by atoms with Gasteiger partial charge in [0, 0.05) is 13.7 Å². The van der Waals surface area contributed by atoms with Crippen LogP contribution < -0.4 is 0 Å². The quantitative estimate of drug-likeness (QED) is 0.158. The van der Waals surface area contributed by atoms with Gasteiger partial charge in [0.15, 0.2) is 0 Å². The summed E-state index contributed by atoms with van der Waals surface area (Å²) in [7, 11) is 1.63. The second kappa shape index (κ2) is 24.8. The molecule has 0 spiro atoms. The highest BCUT2D eigenvalue weighted by molar-refractivity contribution is 4.81. The Bertz CT molecular complexity index is 348. The maximum Gasteiger partial charge on any atom is 0.104 e. The highest BCUT2D eigenvalue weighted by Crippen LogP contribution is 2.10. The van der Waals surface area contributed by atoms with Crippen LogP contribution in [0.15, 0.2) is 12.2 Å². The average molecular weight is 431 g/mol. The van der Waals surface area contributed by atoms with Crippen LogP contribution in [-0.2, 0) is 14.2 Å². The fourth-order valence-electron chi connectivity index (χ4n) is 3.24. The third-order valence-electron chi connectivity index (χ3n) is 5.26. The van der Waals surface area contributed by atoms with Gasteiger partial charge in [0.25, 0.3) is 0 Å². The summed E-state index contributed by atoms with van der Waals surface area (Å²) in [5.41, 5.74) is 0. The number of rotatable bonds is 24. The SMILES string of the molecule is CCCCCCCC/C=C\CCCCCCCCOCC(COCC(O)CO)OC. The van der Waals surface area contributed by atoms with Gasteiger partial charge in [0.05, 0.1) is 26.4 Å². The summed E-state index contributed by atoms with van der Waals surface area (Å²) in [6.07, 6.45) is 22.1. The van der Waals surface area contributed by atoms with E-state index in [0.717, 1.165) is 13.0 Å². The highest BCUT2D eigenvalue weighted by atomic mass is 16.6. The largest absolute Gasteiger partial charge is 0.394 e. The van der Waals surface area contributed by atoms with Gasteiger partial charge < -0.3 is 24.4 Å². The lowest BCUT2D eigenvalue weighted by Crippen LogP contribution is -2.28. The van der Waals surface area contributed by atoms with E-state index in [1.54, 1.807) is 7.11 Å². The third-order valence-corrected chi connectivity index (χ3v) is 5.26. The molecule has 30 heavy (non-hydrogen) atoms. The Morgan fingerprint density at radius 2 is 1.23 bits per heavy atom. The third kappa shape index (κ3) is 22.2. The summed E-state index contributed by atoms with van der Waals surface area (Å²) in [5.74, 6) is 0. The molecule has 0 aliphatic rings. The Kier molecular flexibility index (Phi) is 24.4. The number of allylic oxidation sites excluding steroid dienone is 2. The minimum Gasteiger partial charge on any atom is -0.394 e. The summed E-state index contributed by atoms with van der Waals surface area (Å²) in [5, 5.41) is 18.0. The number of hydrogen-bond acceptors (Lipinski definition) is 5. The molecule has 2 N–H and O–H groups in total. The molecule has 0 heterocycles. The van der Waals surface area contributed by atoms with Crippen molar-refractivity contribution in [1.29, 1.82) is 0 Å². The van der Waals surface area contributed by atoms with Gasteiger partial charge in [0.1, 0.15) is 12.2 Å². The molecule has 0 aliphatic heterocycles. The maximum atomic E-state index is 9.23. The molecule has 0 fully saturated rings. The predicted molar refractivity (Wildman–Crippen MR) is 125 cm³/mol. The van der Waals surface area contributed by atoms with Crippen LogP contribution in [0.5, 0.6) is 0 Å². The second-order valence-electron chi connectivity index (χ2n) is 8.24. The zero-order chi connectivity index (χ0) is 22.1. The van der Waals surface area contributed by atoms with E-state index in [4.69, 9.17) is 19.3 Å². The van der Waals surface area contributed by atoms with Gasteiger partial charge in [-0.1, -0.05) is 76.9 Å². The van der Waals surface area contributed by atoms with Crippen LogP contribution in [0.4, 0.5) is 0 Å². The molecule has 0 rings (SSSR count). The summed E-state index contributed by atoms with van der Waals surface area (Å²) < 4.78 is 16.3. The fraction of sp³-hybridized carbons (Fsp3) is 0.920. The van der Waals surface area contributed by atoms with Crippen LogP contribution in [0.2, 0.25) is 0 Å². The molecule has 0 saturated heterocycles. The summed E-state index contributed by atoms with van der Waals surface area (Å²) in [6, 6.07) is 0. The molecule has 0 aromatic carbocycles. The van der Waals surface area contributed by atoms with Crippen molar-refractivity contribution in [3.05, 3.63) is 12.2 Å². The molecule has 2 atom stereocenters. The van der Waals surface area contributed by atoms with Crippen LogP contribution in [0.1, 0.15) is 96.8 Å². The highest BCUT2D eigenvalue weighted by Gasteiger charge is 2.09. The van der Waals surface area contributed by atoms with Crippen molar-refractivity contribution < 1.29 is 24.4 Å². The molecule has 0 aromatic heterocycles. The molecule has 0 bridgehead atoms. The van der Waals surface area contributed by atoms with Crippen molar-refractivity contribution in [1.82, 2.24) is 0 Å². The Hall–Kier alpha value is -0.460. The predicted octanol–water partition coefficient (Wildman–Crippen LogP) is 5.43. The first-order chi connectivity index (χ1) is 14.7. The molecule has 0 radical (unpaired) electrons. The molecular formula is C25H50O5. The van der Waals surface area contributed by atoms with Crippen molar-refractivity contribution in [3.8, 4) is 0 Å². The number of methoxy groups -OCH3 is 1. The van der Waals surface area contributed by atoms with Gasteiger partial charge in [0.2, 0.25) is 0 Å². The zero-order valence-electron chi connectivity index (χ0n) is 19.9. The van der Waals surface area contributed by atoms with Crippen LogP contribution in [0.25, 0.3) is 0 Å². The number of aliphatic hydroxyl groups is 2. The minimum absolute atomic E-state index is 0.116. The number of hydrogen-bond donors (Lipinski definition) is 2. The summed E-state index contributed by atoms with van der Waals surface area (Å²) in [4.78, 5) is 0. The second-order valence-corrected chi connectivity index (χ2v) is 8.24. The van der Waals surface area contributed by atoms with E-state index in [1.165, 1.54) is 83.5 Å². The first-order valence-electron chi connectivity index (χ1n) is 12.4. The fourth-order valence-corrected chi connectivity index (χ4v) is 3.24. The Labute approximate surface area is 186 Å². The number of ether oxygens (including phenoxy) is 3. The van der Waals surface area contributed by atoms with E-state index < -0.39 is 6.10 Å². The summed E-state index contributed by atoms with van der Waals surface area (Å²) >= 11 is 0. The monoisotopic (exact) mass is 430 g/mol. The molecule has 5 heteroatoms. The lowest BCUT2D eigenvalue weighted by molar-refractivity contribution is -0.0626. The van der Waals surface area contributed by atoms with Crippen molar-refractivity contribution >= 4 is 0 Å². The van der Waals surface area contributed by atoms with Gasteiger partial charge in [-0.2, -0.15) is 0 Å². The van der Waals surface area contributed by atoms with Crippen LogP contribution in [0.3, 0.4) is 0 Å². The topological polar surface area (TPSA) is 68.2 Å². The Morgan fingerprint density at radius 1 is 0.700 bits per heavy atom. The van der Waals surface area contributed by atoms with E-state index in [0.29, 0.717) is 13.2 Å². The van der Waals surface area contributed by atoms with Crippen molar-refractivity contribution in [2.45, 2.75) is 109 Å². The molecule has 0 amide bonds. The van der Waals surface area contributed by atoms with Crippen LogP contribution in [-0.4, -0.2) is 62.6 Å². The van der Waals surface area contributed by atoms with Gasteiger partial charge in [-0.15, -0.1) is 0 Å². The molecule has 5 nitrogen and oxygen atoms in total. The van der Waals surface area contributed by atoms with Crippen LogP contribution >= 0.6 is 0 Å². The van der Waals surface area contributed by atoms with Gasteiger partial charge in [-0.05, 0) is 32.1 Å². The molecule has 2 unspecified atom stereocenters. The number of unbranched alkanes of at least 4 members (excludes halogenated alkanes) is 12. The lowest BCUT2D eigenvalue weighted by atomic mass is 10.1. The van der Waals surface area contributed by atoms with Crippen molar-refractivity contribution in [3.63, 3.8) is 0 Å². The Morgan fingerprint density at radius 3 is 1.80 bits per heavy atom. The first-order valence-corrected chi connectivity index (χ1v) is 12.4. The number of aliphatic hydroxyl groups excluding tert-OH is 2. The molecule has 0 aliphatic carbocycles. The molecular weight excluding hydrogens is 380 g/mol. The van der Waals surface area contributed by atoms with E-state index >= 15 is 0 Å². The smallest absolute Gasteiger partial charge is 0.104 e. The van der Waals surface area contributed by atoms with Crippen molar-refractivity contribution in [2.75, 3.05) is 40.1 Å². The van der Waals surface area contributed by atoms with Gasteiger partial charge >= 0.3 is 0 Å². The van der Waals surface area contributed by atoms with E-state index in [1.807, 2.05) is 0 Å². The molecule has 180 valence electrons. The van der Waals surface area contributed by atoms with E-state index in [2.05, 4.69) is 19.1 Å². The molecule has 0 aromatic rings. The minimum atomic E-state index is -0.829. The lowest BCUT2D eigenvalue weighted by Gasteiger charge is -2.16. The summed E-state index contributed by atoms with van der Waals surface area (Å²) in [6.45, 7) is 3.71. The molecule has 0 saturated carbocycles.